The van der Waals surface area contributed by atoms with Crippen LogP contribution in [-0.4, -0.2) is 89.0 Å². The molecule has 0 radical (unpaired) electrons. The zero-order chi connectivity index (χ0) is 40.2. The van der Waals surface area contributed by atoms with Gasteiger partial charge in [0.15, 0.2) is 10.0 Å². The number of fused-ring (bicyclic) bond motifs is 1. The number of carboxylic acids is 2. The van der Waals surface area contributed by atoms with E-state index in [9.17, 15) is 29.4 Å². The van der Waals surface area contributed by atoms with Crippen LogP contribution in [0.4, 0.5) is 11.4 Å². The number of nitrogens with one attached hydrogen (secondary N) is 3. The third-order valence-corrected chi connectivity index (χ3v) is 13.6. The van der Waals surface area contributed by atoms with Crippen LogP contribution in [-0.2, 0) is 38.6 Å². The van der Waals surface area contributed by atoms with Crippen LogP contribution in [0.15, 0.2) is 36.4 Å². The zero-order valence-corrected chi connectivity index (χ0v) is 36.9. The monoisotopic (exact) mass is 884 g/mol. The maximum atomic E-state index is 14.0. The normalized spacial score (nSPS) is 16.7. The smallest absolute Gasteiger partial charge is 0.320 e. The lowest BCUT2D eigenvalue weighted by molar-refractivity contribution is -0.143. The van der Waals surface area contributed by atoms with Crippen molar-refractivity contribution in [2.45, 2.75) is 78.0 Å². The van der Waals surface area contributed by atoms with Crippen LogP contribution in [0.5, 0.6) is 0 Å². The summed E-state index contributed by atoms with van der Waals surface area (Å²) in [5, 5.41) is 29.8. The van der Waals surface area contributed by atoms with E-state index in [2.05, 4.69) is 25.9 Å². The first-order valence-electron chi connectivity index (χ1n) is 19.4. The summed E-state index contributed by atoms with van der Waals surface area (Å²) < 4.78 is 10.8. The number of amides is 2. The first-order chi connectivity index (χ1) is 27.5. The van der Waals surface area contributed by atoms with Crippen molar-refractivity contribution < 1.29 is 38.9 Å². The first-order valence-corrected chi connectivity index (χ1v) is 21.0. The summed E-state index contributed by atoms with van der Waals surface area (Å²) in [4.78, 5) is 64.1. The van der Waals surface area contributed by atoms with E-state index < -0.39 is 24.0 Å². The number of anilines is 2. The van der Waals surface area contributed by atoms with Gasteiger partial charge < -0.3 is 29.9 Å². The number of hydrogen-bond donors (Lipinski definition) is 5. The highest BCUT2D eigenvalue weighted by Crippen LogP contribution is 2.40. The van der Waals surface area contributed by atoms with E-state index in [0.29, 0.717) is 105 Å². The number of carbonyl (C=O) groups is 4. The fourth-order valence-electron chi connectivity index (χ4n) is 8.04. The molecule has 2 aromatic heterocycles. The van der Waals surface area contributed by atoms with E-state index in [1.54, 1.807) is 4.90 Å². The second kappa shape index (κ2) is 20.6. The van der Waals surface area contributed by atoms with Crippen molar-refractivity contribution in [3.8, 4) is 11.1 Å². The molecule has 0 spiro atoms. The number of carboxylic acid groups (broad SMARTS) is 2. The molecule has 3 aliphatic rings. The van der Waals surface area contributed by atoms with Crippen molar-refractivity contribution >= 4 is 84.8 Å². The molecule has 0 unspecified atom stereocenters. The largest absolute Gasteiger partial charge is 0.480 e. The number of ether oxygens (including phenoxy) is 2. The number of benzene rings is 2. The lowest BCUT2D eigenvalue weighted by Gasteiger charge is -2.28. The Bertz CT molecular complexity index is 2150. The third-order valence-electron chi connectivity index (χ3n) is 11.3. The zero-order valence-electron chi connectivity index (χ0n) is 33.3. The van der Waals surface area contributed by atoms with Gasteiger partial charge in [-0.2, -0.15) is 27.0 Å². The van der Waals surface area contributed by atoms with Crippen molar-refractivity contribution in [3.05, 3.63) is 78.7 Å². The van der Waals surface area contributed by atoms with Crippen LogP contribution in [0.1, 0.15) is 77.6 Å². The van der Waals surface area contributed by atoms with Gasteiger partial charge in [-0.3, -0.25) is 29.8 Å². The molecule has 7 rings (SSSR count). The summed E-state index contributed by atoms with van der Waals surface area (Å²) in [6.07, 6.45) is 3.38. The van der Waals surface area contributed by atoms with Gasteiger partial charge in [-0.1, -0.05) is 24.3 Å². The van der Waals surface area contributed by atoms with Crippen molar-refractivity contribution in [2.75, 3.05) is 43.2 Å². The average Bonchev–Trinajstić information content (AvgIpc) is 3.92. The first kappa shape index (κ1) is 46.2. The van der Waals surface area contributed by atoms with Crippen LogP contribution in [0.3, 0.4) is 0 Å². The topological polar surface area (TPSA) is 192 Å². The molecule has 0 aliphatic carbocycles. The van der Waals surface area contributed by atoms with Crippen LogP contribution in [0.2, 0.25) is 0 Å². The standard InChI is InChI=1S/C41H48N6O8S2.2H2S/c1-22-27(6-4-8-30(22)46-36(48)37-44-23(2)32(56-37)20-42-34(40(50)51)25-11-16-54-17-12-25)28-7-5-9-31-29(28)10-15-47(31)39(49)38-45-24(3)33(57-38)21-43-35(41(52)53)26-13-18-55-19-14-26;;/h4-9,25-26,34-35,42-43H,10-21H2,1-3H3,(H,46,48)(H,50,51)(H,52,53);2*1H2/t34-,35-;;/m0../s1. The summed E-state index contributed by atoms with van der Waals surface area (Å²) in [7, 11) is 0. The summed E-state index contributed by atoms with van der Waals surface area (Å²) >= 11 is 2.54. The summed E-state index contributed by atoms with van der Waals surface area (Å²) in [6.45, 7) is 8.92. The van der Waals surface area contributed by atoms with Crippen molar-refractivity contribution in [1.29, 1.82) is 0 Å². The Hall–Kier alpha value is -3.88. The molecule has 2 aromatic carbocycles. The van der Waals surface area contributed by atoms with Crippen molar-refractivity contribution in [1.82, 2.24) is 20.6 Å². The minimum Gasteiger partial charge on any atom is -0.480 e. The number of aromatic nitrogens is 2. The van der Waals surface area contributed by atoms with Crippen molar-refractivity contribution in [3.63, 3.8) is 0 Å². The molecule has 18 heteroatoms. The van der Waals surface area contributed by atoms with Crippen LogP contribution >= 0.6 is 49.7 Å². The fraction of sp³-hybridized carbons (Fsp3) is 0.463. The van der Waals surface area contributed by atoms with E-state index in [1.165, 1.54) is 22.7 Å². The Morgan fingerprint density at radius 2 is 1.27 bits per heavy atom. The van der Waals surface area contributed by atoms with Crippen LogP contribution in [0.25, 0.3) is 11.1 Å². The lowest BCUT2D eigenvalue weighted by atomic mass is 9.92. The molecular formula is C41H52N6O8S4. The number of nitrogens with zero attached hydrogens (tertiary/aromatic N) is 3. The summed E-state index contributed by atoms with van der Waals surface area (Å²) in [6, 6.07) is 10.3. The predicted molar refractivity (Wildman–Crippen MR) is 238 cm³/mol. The highest BCUT2D eigenvalue weighted by Gasteiger charge is 2.33. The maximum Gasteiger partial charge on any atom is 0.320 e. The summed E-state index contributed by atoms with van der Waals surface area (Å²) in [5.74, 6) is -2.37. The molecule has 0 bridgehead atoms. The minimum absolute atomic E-state index is 0. The molecule has 2 atom stereocenters. The maximum absolute atomic E-state index is 14.0. The number of rotatable bonds is 14. The van der Waals surface area contributed by atoms with Gasteiger partial charge in [0.1, 0.15) is 12.1 Å². The van der Waals surface area contributed by atoms with Crippen LogP contribution in [0, 0.1) is 32.6 Å². The Labute approximate surface area is 365 Å². The van der Waals surface area contributed by atoms with Crippen LogP contribution < -0.4 is 20.9 Å². The molecule has 2 saturated heterocycles. The fourth-order valence-corrected chi connectivity index (χ4v) is 9.91. The molecule has 2 fully saturated rings. The molecule has 5 N–H and O–H groups in total. The molecule has 0 saturated carbocycles. The second-order valence-electron chi connectivity index (χ2n) is 14.8. The number of thiazole rings is 2. The SMILES string of the molecule is Cc1nc(C(=O)Nc2cccc(-c3cccc4c3CCN4C(=O)c3nc(C)c(CN[C@H](C(=O)O)C4CCOCC4)s3)c2C)sc1CN[C@H](C(=O)O)C1CCOCC1.S.S. The number of aliphatic carboxylic acids is 2. The van der Waals surface area contributed by atoms with E-state index in [1.807, 2.05) is 57.2 Å². The highest BCUT2D eigenvalue weighted by molar-refractivity contribution is 7.59. The van der Waals surface area contributed by atoms with Gasteiger partial charge in [-0.25, -0.2) is 9.97 Å². The number of hydrogen-bond acceptors (Lipinski definition) is 12. The molecule has 3 aliphatic heterocycles. The Morgan fingerprint density at radius 3 is 1.83 bits per heavy atom. The minimum atomic E-state index is -0.896. The van der Waals surface area contributed by atoms with Gasteiger partial charge in [0.2, 0.25) is 0 Å². The second-order valence-corrected chi connectivity index (χ2v) is 17.0. The molecule has 14 nitrogen and oxygen atoms in total. The van der Waals surface area contributed by atoms with Gasteiger partial charge in [0.25, 0.3) is 11.8 Å². The Balaban J connectivity index is 0.00000331. The molecule has 4 aromatic rings. The molecule has 59 heavy (non-hydrogen) atoms. The van der Waals surface area contributed by atoms with Gasteiger partial charge >= 0.3 is 11.9 Å². The van der Waals surface area contributed by atoms with Gasteiger partial charge in [0, 0.05) is 67.2 Å². The Kier molecular flexibility index (Phi) is 16.1. The number of carbonyl (C=O) groups excluding carboxylic acids is 2. The average molecular weight is 885 g/mol. The van der Waals surface area contributed by atoms with E-state index in [4.69, 9.17) is 9.47 Å². The quantitative estimate of drug-likeness (QED) is 0.102. The van der Waals surface area contributed by atoms with E-state index in [-0.39, 0.29) is 50.6 Å². The van der Waals surface area contributed by atoms with Gasteiger partial charge in [-0.05, 0) is 99.1 Å². The van der Waals surface area contributed by atoms with E-state index >= 15 is 0 Å². The summed E-state index contributed by atoms with van der Waals surface area (Å²) in [5.41, 5.74) is 6.63. The lowest BCUT2D eigenvalue weighted by Crippen LogP contribution is -2.44. The molecule has 2 amide bonds. The predicted octanol–water partition coefficient (Wildman–Crippen LogP) is 5.81. The molecule has 5 heterocycles. The highest BCUT2D eigenvalue weighted by atomic mass is 32.1. The van der Waals surface area contributed by atoms with Gasteiger partial charge in [-0.15, -0.1) is 22.7 Å². The van der Waals surface area contributed by atoms with Crippen molar-refractivity contribution in [2.24, 2.45) is 11.8 Å². The van der Waals surface area contributed by atoms with E-state index in [0.717, 1.165) is 37.7 Å². The van der Waals surface area contributed by atoms with Gasteiger partial charge in [0.05, 0.1) is 11.4 Å². The molecule has 318 valence electrons. The third kappa shape index (κ3) is 10.4. The molecular weight excluding hydrogens is 833 g/mol. The number of aryl methyl sites for hydroxylation is 2. The Morgan fingerprint density at radius 1 is 0.763 bits per heavy atom.